The molecule has 0 saturated heterocycles. The number of hydrogen-bond donors (Lipinski definition) is 3. The summed E-state index contributed by atoms with van der Waals surface area (Å²) < 4.78 is 0. The highest BCUT2D eigenvalue weighted by atomic mass is 16.3. The van der Waals surface area contributed by atoms with E-state index in [0.29, 0.717) is 6.54 Å². The highest BCUT2D eigenvalue weighted by molar-refractivity contribution is 5.14. The van der Waals surface area contributed by atoms with Crippen molar-refractivity contribution in [2.75, 3.05) is 13.2 Å². The van der Waals surface area contributed by atoms with Crippen molar-refractivity contribution < 1.29 is 5.11 Å². The third kappa shape index (κ3) is 1.58. The number of aliphatic hydroxyl groups excluding tert-OH is 1. The molecule has 0 aliphatic carbocycles. The van der Waals surface area contributed by atoms with E-state index in [1.165, 1.54) is 0 Å². The summed E-state index contributed by atoms with van der Waals surface area (Å²) in [5.74, 6) is -0.0266. The van der Waals surface area contributed by atoms with Gasteiger partial charge in [-0.05, 0) is 6.92 Å². The van der Waals surface area contributed by atoms with Crippen molar-refractivity contribution in [2.24, 2.45) is 5.73 Å². The minimum absolute atomic E-state index is 0.0266. The number of nitrogens with zero attached hydrogens (tertiary/aromatic N) is 1. The summed E-state index contributed by atoms with van der Waals surface area (Å²) in [5, 5.41) is 8.89. The maximum Gasteiger partial charge on any atom is 0.0925 e. The van der Waals surface area contributed by atoms with Crippen LogP contribution in [0.2, 0.25) is 0 Å². The predicted molar refractivity (Wildman–Crippen MR) is 42.2 cm³/mol. The fourth-order valence-electron chi connectivity index (χ4n) is 1.05. The smallest absolute Gasteiger partial charge is 0.0925 e. The molecule has 1 aromatic rings. The molecule has 11 heavy (non-hydrogen) atoms. The number of H-pyrrole nitrogens is 1. The zero-order valence-electron chi connectivity index (χ0n) is 6.54. The maximum atomic E-state index is 8.89. The highest BCUT2D eigenvalue weighted by Crippen LogP contribution is 2.13. The van der Waals surface area contributed by atoms with Crippen molar-refractivity contribution in [3.63, 3.8) is 0 Å². The molecular formula is C7H13N3O. The molecule has 0 bridgehead atoms. The lowest BCUT2D eigenvalue weighted by Gasteiger charge is -2.08. The number of nitrogens with one attached hydrogen (secondary N) is 1. The van der Waals surface area contributed by atoms with Crippen molar-refractivity contribution in [3.8, 4) is 0 Å². The molecule has 4 heteroatoms. The van der Waals surface area contributed by atoms with Crippen LogP contribution in [0.15, 0.2) is 6.33 Å². The number of nitrogens with two attached hydrogens (primary N) is 1. The van der Waals surface area contributed by atoms with E-state index in [1.54, 1.807) is 6.33 Å². The molecule has 0 spiro atoms. The molecule has 62 valence electrons. The molecule has 1 rings (SSSR count). The Kier molecular flexibility index (Phi) is 2.62. The van der Waals surface area contributed by atoms with Crippen LogP contribution in [0.3, 0.4) is 0 Å². The van der Waals surface area contributed by atoms with Crippen LogP contribution in [0.5, 0.6) is 0 Å². The molecule has 1 aromatic heterocycles. The number of aliphatic hydroxyl groups is 1. The lowest BCUT2D eigenvalue weighted by Crippen LogP contribution is -2.17. The SMILES string of the molecule is Cc1[nH]cnc1C(CN)CO. The van der Waals surface area contributed by atoms with Gasteiger partial charge in [-0.25, -0.2) is 4.98 Å². The number of aromatic nitrogens is 2. The van der Waals surface area contributed by atoms with E-state index in [4.69, 9.17) is 10.8 Å². The van der Waals surface area contributed by atoms with Gasteiger partial charge in [0.05, 0.1) is 18.6 Å². The molecule has 0 aliphatic rings. The standard InChI is InChI=1S/C7H13N3O/c1-5-7(10-4-9-5)6(2-8)3-11/h4,6,11H,2-3,8H2,1H3,(H,9,10). The van der Waals surface area contributed by atoms with E-state index in [1.807, 2.05) is 6.92 Å². The van der Waals surface area contributed by atoms with Gasteiger partial charge in [0, 0.05) is 18.2 Å². The summed E-state index contributed by atoms with van der Waals surface area (Å²) >= 11 is 0. The summed E-state index contributed by atoms with van der Waals surface area (Å²) in [4.78, 5) is 7.00. The Bertz CT molecular complexity index is 217. The number of imidazole rings is 1. The van der Waals surface area contributed by atoms with Crippen LogP contribution < -0.4 is 5.73 Å². The van der Waals surface area contributed by atoms with Gasteiger partial charge >= 0.3 is 0 Å². The summed E-state index contributed by atoms with van der Waals surface area (Å²) in [7, 11) is 0. The molecule has 1 unspecified atom stereocenters. The van der Waals surface area contributed by atoms with Crippen LogP contribution in [-0.2, 0) is 0 Å². The van der Waals surface area contributed by atoms with E-state index >= 15 is 0 Å². The highest BCUT2D eigenvalue weighted by Gasteiger charge is 2.12. The lowest BCUT2D eigenvalue weighted by molar-refractivity contribution is 0.265. The second kappa shape index (κ2) is 3.50. The Hall–Kier alpha value is -0.870. The summed E-state index contributed by atoms with van der Waals surface area (Å²) in [6.07, 6.45) is 1.61. The van der Waals surface area contributed by atoms with Crippen LogP contribution >= 0.6 is 0 Å². The zero-order chi connectivity index (χ0) is 8.27. The van der Waals surface area contributed by atoms with E-state index in [0.717, 1.165) is 11.4 Å². The van der Waals surface area contributed by atoms with Crippen LogP contribution in [0.25, 0.3) is 0 Å². The Labute approximate surface area is 65.5 Å². The van der Waals surface area contributed by atoms with Crippen molar-refractivity contribution in [1.82, 2.24) is 9.97 Å². The van der Waals surface area contributed by atoms with Gasteiger partial charge in [-0.2, -0.15) is 0 Å². The Balaban J connectivity index is 2.81. The molecular weight excluding hydrogens is 142 g/mol. The molecule has 4 N–H and O–H groups in total. The first kappa shape index (κ1) is 8.23. The molecule has 1 heterocycles. The van der Waals surface area contributed by atoms with Gasteiger partial charge in [0.25, 0.3) is 0 Å². The monoisotopic (exact) mass is 155 g/mol. The number of rotatable bonds is 3. The third-order valence-electron chi connectivity index (χ3n) is 1.76. The summed E-state index contributed by atoms with van der Waals surface area (Å²) in [5.41, 5.74) is 7.28. The second-order valence-corrected chi connectivity index (χ2v) is 2.53. The maximum absolute atomic E-state index is 8.89. The number of aryl methyl sites for hydroxylation is 1. The second-order valence-electron chi connectivity index (χ2n) is 2.53. The Morgan fingerprint density at radius 1 is 1.82 bits per heavy atom. The van der Waals surface area contributed by atoms with E-state index < -0.39 is 0 Å². The molecule has 0 fully saturated rings. The van der Waals surface area contributed by atoms with E-state index in [-0.39, 0.29) is 12.5 Å². The van der Waals surface area contributed by atoms with Gasteiger partial charge in [-0.15, -0.1) is 0 Å². The first-order chi connectivity index (χ1) is 5.29. The van der Waals surface area contributed by atoms with Gasteiger partial charge in [-0.3, -0.25) is 0 Å². The molecule has 0 amide bonds. The Morgan fingerprint density at radius 3 is 2.91 bits per heavy atom. The largest absolute Gasteiger partial charge is 0.396 e. The molecule has 0 aromatic carbocycles. The normalized spacial score (nSPS) is 13.4. The van der Waals surface area contributed by atoms with Crippen molar-refractivity contribution >= 4 is 0 Å². The minimum Gasteiger partial charge on any atom is -0.396 e. The Morgan fingerprint density at radius 2 is 2.55 bits per heavy atom. The van der Waals surface area contributed by atoms with E-state index in [9.17, 15) is 0 Å². The molecule has 1 atom stereocenters. The van der Waals surface area contributed by atoms with Gasteiger partial charge in [0.1, 0.15) is 0 Å². The van der Waals surface area contributed by atoms with Gasteiger partial charge < -0.3 is 15.8 Å². The summed E-state index contributed by atoms with van der Waals surface area (Å²) in [6, 6.07) is 0. The van der Waals surface area contributed by atoms with Crippen molar-refractivity contribution in [3.05, 3.63) is 17.7 Å². The third-order valence-corrected chi connectivity index (χ3v) is 1.76. The first-order valence-corrected chi connectivity index (χ1v) is 3.60. The van der Waals surface area contributed by atoms with Crippen LogP contribution in [0, 0.1) is 6.92 Å². The van der Waals surface area contributed by atoms with Gasteiger partial charge in [0.15, 0.2) is 0 Å². The molecule has 0 aliphatic heterocycles. The van der Waals surface area contributed by atoms with Crippen LogP contribution in [0.1, 0.15) is 17.3 Å². The molecule has 0 radical (unpaired) electrons. The topological polar surface area (TPSA) is 74.9 Å². The predicted octanol–water partition coefficient (Wildman–Crippen LogP) is -0.247. The van der Waals surface area contributed by atoms with Crippen LogP contribution in [-0.4, -0.2) is 28.2 Å². The fourth-order valence-corrected chi connectivity index (χ4v) is 1.05. The van der Waals surface area contributed by atoms with Crippen molar-refractivity contribution in [1.29, 1.82) is 0 Å². The average molecular weight is 155 g/mol. The number of hydrogen-bond acceptors (Lipinski definition) is 3. The zero-order valence-corrected chi connectivity index (χ0v) is 6.54. The van der Waals surface area contributed by atoms with Gasteiger partial charge in [-0.1, -0.05) is 0 Å². The summed E-state index contributed by atoms with van der Waals surface area (Å²) in [6.45, 7) is 2.41. The molecule has 0 saturated carbocycles. The fraction of sp³-hybridized carbons (Fsp3) is 0.571. The number of aromatic amines is 1. The first-order valence-electron chi connectivity index (χ1n) is 3.60. The average Bonchev–Trinajstić information content (AvgIpc) is 2.40. The minimum atomic E-state index is -0.0266. The lowest BCUT2D eigenvalue weighted by atomic mass is 10.1. The van der Waals surface area contributed by atoms with Crippen molar-refractivity contribution in [2.45, 2.75) is 12.8 Å². The van der Waals surface area contributed by atoms with Gasteiger partial charge in [0.2, 0.25) is 0 Å². The van der Waals surface area contributed by atoms with E-state index in [2.05, 4.69) is 9.97 Å². The molecule has 4 nitrogen and oxygen atoms in total. The quantitative estimate of drug-likeness (QED) is 0.563. The van der Waals surface area contributed by atoms with Crippen LogP contribution in [0.4, 0.5) is 0 Å².